The molecule has 7 nitrogen and oxygen atoms in total. The number of likely N-dealkylation sites (tertiary alicyclic amines) is 1. The van der Waals surface area contributed by atoms with Crippen LogP contribution >= 0.6 is 11.8 Å². The molecule has 8 heteroatoms. The number of carbonyl (C=O) groups is 2. The molecule has 3 rings (SSSR count). The number of aliphatic carboxylic acids is 1. The predicted molar refractivity (Wildman–Crippen MR) is 107 cm³/mol. The Labute approximate surface area is 162 Å². The van der Waals surface area contributed by atoms with Gasteiger partial charge < -0.3 is 10.4 Å². The van der Waals surface area contributed by atoms with Gasteiger partial charge in [0.1, 0.15) is 5.25 Å². The number of amides is 1. The van der Waals surface area contributed by atoms with E-state index < -0.39 is 11.2 Å². The van der Waals surface area contributed by atoms with Crippen molar-refractivity contribution in [2.75, 3.05) is 6.54 Å². The van der Waals surface area contributed by atoms with Crippen LogP contribution in [0.1, 0.15) is 43.7 Å². The predicted octanol–water partition coefficient (Wildman–Crippen LogP) is 2.46. The lowest BCUT2D eigenvalue weighted by molar-refractivity contribution is -0.138. The van der Waals surface area contributed by atoms with Crippen LogP contribution in [0, 0.1) is 0 Å². The Morgan fingerprint density at radius 3 is 2.85 bits per heavy atom. The summed E-state index contributed by atoms with van der Waals surface area (Å²) >= 11 is 1.09. The second-order valence-corrected chi connectivity index (χ2v) is 8.09. The average molecular weight is 388 g/mol. The smallest absolute Gasteiger partial charge is 0.305 e. The van der Waals surface area contributed by atoms with E-state index in [4.69, 9.17) is 5.11 Å². The van der Waals surface area contributed by atoms with Gasteiger partial charge in [-0.25, -0.2) is 0 Å². The highest BCUT2D eigenvalue weighted by Gasteiger charge is 2.32. The number of thioether (sulfide) groups is 1. The molecular formula is C19H24N4O3S. The molecule has 2 unspecified atom stereocenters. The number of carboxylic acids is 1. The summed E-state index contributed by atoms with van der Waals surface area (Å²) in [6.07, 6.45) is 5.27. The van der Waals surface area contributed by atoms with Gasteiger partial charge in [-0.3, -0.25) is 14.5 Å². The van der Waals surface area contributed by atoms with Gasteiger partial charge in [0.25, 0.3) is 0 Å². The number of amidine groups is 1. The van der Waals surface area contributed by atoms with Crippen LogP contribution in [0.15, 0.2) is 34.5 Å². The summed E-state index contributed by atoms with van der Waals surface area (Å²) in [4.78, 5) is 24.9. The minimum atomic E-state index is -1.01. The Morgan fingerprint density at radius 1 is 1.37 bits per heavy atom. The van der Waals surface area contributed by atoms with Gasteiger partial charge in [0.05, 0.1) is 12.6 Å². The number of hydrogen-bond donors (Lipinski definition) is 2. The molecule has 2 heterocycles. The molecule has 0 aromatic heterocycles. The molecule has 1 aromatic carbocycles. The van der Waals surface area contributed by atoms with Crippen LogP contribution in [0.4, 0.5) is 0 Å². The molecule has 2 aliphatic rings. The topological polar surface area (TPSA) is 94.4 Å². The number of benzene rings is 1. The number of carbonyl (C=O) groups excluding carboxylic acids is 1. The SMILES string of the molecule is CC1CCCCN1Cc1ccc(C=NN=C2NC(=O)C(CC(=O)O)S2)cc1. The molecular weight excluding hydrogens is 364 g/mol. The molecule has 2 fully saturated rings. The van der Waals surface area contributed by atoms with Crippen LogP contribution in [-0.2, 0) is 16.1 Å². The summed E-state index contributed by atoms with van der Waals surface area (Å²) in [5.74, 6) is -1.35. The summed E-state index contributed by atoms with van der Waals surface area (Å²) in [6.45, 7) is 4.42. The third-order valence-electron chi connectivity index (χ3n) is 4.80. The van der Waals surface area contributed by atoms with Crippen LogP contribution in [-0.4, -0.2) is 51.1 Å². The first kappa shape index (κ1) is 19.6. The molecule has 0 radical (unpaired) electrons. The number of piperidine rings is 1. The molecule has 0 aliphatic carbocycles. The Morgan fingerprint density at radius 2 is 2.15 bits per heavy atom. The molecule has 0 spiro atoms. The Bertz CT molecular complexity index is 748. The number of nitrogens with zero attached hydrogens (tertiary/aromatic N) is 3. The van der Waals surface area contributed by atoms with Crippen molar-refractivity contribution in [3.05, 3.63) is 35.4 Å². The Hall–Kier alpha value is -2.19. The van der Waals surface area contributed by atoms with Crippen molar-refractivity contribution in [3.63, 3.8) is 0 Å². The van der Waals surface area contributed by atoms with Crippen LogP contribution in [0.2, 0.25) is 0 Å². The summed E-state index contributed by atoms with van der Waals surface area (Å²) in [6, 6.07) is 8.85. The Kier molecular flexibility index (Phi) is 6.63. The van der Waals surface area contributed by atoms with Gasteiger partial charge in [-0.15, -0.1) is 5.10 Å². The lowest BCUT2D eigenvalue weighted by Gasteiger charge is -2.33. The molecule has 2 N–H and O–H groups in total. The van der Waals surface area contributed by atoms with Gasteiger partial charge in [0.15, 0.2) is 5.17 Å². The van der Waals surface area contributed by atoms with Crippen molar-refractivity contribution in [3.8, 4) is 0 Å². The fourth-order valence-electron chi connectivity index (χ4n) is 3.23. The standard InChI is InChI=1S/C19H24N4O3S/c1-13-4-2-3-9-23(13)12-15-7-5-14(6-8-15)11-20-22-19-21-18(26)16(27-19)10-17(24)25/h5-8,11,13,16H,2-4,9-10,12H2,1H3,(H,24,25)(H,21,22,26). The van der Waals surface area contributed by atoms with E-state index in [1.165, 1.54) is 24.8 Å². The van der Waals surface area contributed by atoms with E-state index >= 15 is 0 Å². The Balaban J connectivity index is 1.53. The average Bonchev–Trinajstić information content (AvgIpc) is 2.97. The molecule has 0 bridgehead atoms. The van der Waals surface area contributed by atoms with E-state index in [-0.39, 0.29) is 12.3 Å². The molecule has 2 atom stereocenters. The number of nitrogens with one attached hydrogen (secondary N) is 1. The quantitative estimate of drug-likeness (QED) is 0.577. The highest BCUT2D eigenvalue weighted by molar-refractivity contribution is 8.15. The van der Waals surface area contributed by atoms with E-state index in [9.17, 15) is 9.59 Å². The number of rotatable bonds is 6. The van der Waals surface area contributed by atoms with E-state index in [0.717, 1.165) is 30.4 Å². The zero-order chi connectivity index (χ0) is 19.2. The van der Waals surface area contributed by atoms with Crippen LogP contribution < -0.4 is 5.32 Å². The first-order valence-corrected chi connectivity index (χ1v) is 10.0. The van der Waals surface area contributed by atoms with Gasteiger partial charge in [-0.05, 0) is 37.4 Å². The lowest BCUT2D eigenvalue weighted by atomic mass is 10.0. The highest BCUT2D eigenvalue weighted by Crippen LogP contribution is 2.22. The van der Waals surface area contributed by atoms with Gasteiger partial charge in [-0.1, -0.05) is 42.4 Å². The minimum Gasteiger partial charge on any atom is -0.481 e. The van der Waals surface area contributed by atoms with Gasteiger partial charge >= 0.3 is 5.97 Å². The monoisotopic (exact) mass is 388 g/mol. The summed E-state index contributed by atoms with van der Waals surface area (Å²) in [7, 11) is 0. The fourth-order valence-corrected chi connectivity index (χ4v) is 4.14. The zero-order valence-corrected chi connectivity index (χ0v) is 16.1. The second-order valence-electron chi connectivity index (χ2n) is 6.90. The van der Waals surface area contributed by atoms with Crippen LogP contribution in [0.5, 0.6) is 0 Å². The van der Waals surface area contributed by atoms with E-state index in [0.29, 0.717) is 11.2 Å². The van der Waals surface area contributed by atoms with Crippen molar-refractivity contribution in [1.29, 1.82) is 0 Å². The van der Waals surface area contributed by atoms with Crippen molar-refractivity contribution < 1.29 is 14.7 Å². The first-order chi connectivity index (χ1) is 13.0. The molecule has 27 heavy (non-hydrogen) atoms. The molecule has 2 aliphatic heterocycles. The van der Waals surface area contributed by atoms with Gasteiger partial charge in [0, 0.05) is 12.6 Å². The van der Waals surface area contributed by atoms with Crippen molar-refractivity contribution in [2.24, 2.45) is 10.2 Å². The lowest BCUT2D eigenvalue weighted by Crippen LogP contribution is -2.36. The van der Waals surface area contributed by atoms with Crippen molar-refractivity contribution in [2.45, 2.75) is 50.4 Å². The molecule has 2 saturated heterocycles. The molecule has 144 valence electrons. The highest BCUT2D eigenvalue weighted by atomic mass is 32.2. The van der Waals surface area contributed by atoms with Gasteiger partial charge in [-0.2, -0.15) is 5.10 Å². The normalized spacial score (nSPS) is 25.2. The molecule has 0 saturated carbocycles. The van der Waals surface area contributed by atoms with E-state index in [1.807, 2.05) is 12.1 Å². The van der Waals surface area contributed by atoms with Crippen LogP contribution in [0.3, 0.4) is 0 Å². The molecule has 1 amide bonds. The third-order valence-corrected chi connectivity index (χ3v) is 5.87. The maximum absolute atomic E-state index is 11.6. The fraction of sp³-hybridized carbons (Fsp3) is 0.474. The summed E-state index contributed by atoms with van der Waals surface area (Å²) in [5, 5.41) is 19.0. The molecule has 1 aromatic rings. The van der Waals surface area contributed by atoms with Gasteiger partial charge in [0.2, 0.25) is 5.91 Å². The van der Waals surface area contributed by atoms with Crippen molar-refractivity contribution >= 4 is 35.0 Å². The third kappa shape index (κ3) is 5.64. The van der Waals surface area contributed by atoms with E-state index in [2.05, 4.69) is 39.5 Å². The largest absolute Gasteiger partial charge is 0.481 e. The second kappa shape index (κ2) is 9.14. The summed E-state index contributed by atoms with van der Waals surface area (Å²) in [5.41, 5.74) is 2.20. The maximum atomic E-state index is 11.6. The minimum absolute atomic E-state index is 0.226. The maximum Gasteiger partial charge on any atom is 0.305 e. The van der Waals surface area contributed by atoms with Crippen molar-refractivity contribution in [1.82, 2.24) is 10.2 Å². The number of carboxylic acid groups (broad SMARTS) is 1. The van der Waals surface area contributed by atoms with E-state index in [1.54, 1.807) is 6.21 Å². The summed E-state index contributed by atoms with van der Waals surface area (Å²) < 4.78 is 0. The zero-order valence-electron chi connectivity index (χ0n) is 15.3. The first-order valence-electron chi connectivity index (χ1n) is 9.14. The van der Waals surface area contributed by atoms with Crippen LogP contribution in [0.25, 0.3) is 0 Å². The number of hydrogen-bond acceptors (Lipinski definition) is 6.